The monoisotopic (exact) mass is 243 g/mol. The van der Waals surface area contributed by atoms with Crippen molar-refractivity contribution in [1.29, 1.82) is 0 Å². The molecule has 0 aliphatic rings. The lowest BCUT2D eigenvalue weighted by molar-refractivity contribution is 0.208. The number of nitrogens with one attached hydrogen (secondary N) is 1. The number of benzene rings is 1. The summed E-state index contributed by atoms with van der Waals surface area (Å²) < 4.78 is 1.09. The molecule has 0 spiro atoms. The molecule has 0 fully saturated rings. The third-order valence-corrected chi connectivity index (χ3v) is 2.63. The number of aliphatic hydroxyl groups is 1. The van der Waals surface area contributed by atoms with Crippen LogP contribution in [0.4, 0.5) is 5.69 Å². The van der Waals surface area contributed by atoms with E-state index in [4.69, 9.17) is 5.11 Å². The molecule has 3 heteroatoms. The molecule has 0 amide bonds. The summed E-state index contributed by atoms with van der Waals surface area (Å²) in [7, 11) is 0. The molecule has 0 radical (unpaired) electrons. The van der Waals surface area contributed by atoms with Crippen LogP contribution in [-0.2, 0) is 0 Å². The molecule has 2 nitrogen and oxygen atoms in total. The number of aliphatic hydroxyl groups excluding tert-OH is 1. The van der Waals surface area contributed by atoms with Crippen LogP contribution in [-0.4, -0.2) is 17.8 Å². The second kappa shape index (κ2) is 4.63. The van der Waals surface area contributed by atoms with Crippen molar-refractivity contribution >= 4 is 21.6 Å². The molecule has 1 atom stereocenters. The molecule has 0 heterocycles. The second-order valence-corrected chi connectivity index (χ2v) is 4.05. The lowest BCUT2D eigenvalue weighted by Gasteiger charge is -2.09. The van der Waals surface area contributed by atoms with E-state index >= 15 is 0 Å². The fraction of sp³-hybridized carbons (Fsp3) is 0.400. The van der Waals surface area contributed by atoms with E-state index < -0.39 is 0 Å². The van der Waals surface area contributed by atoms with E-state index in [1.807, 2.05) is 25.1 Å². The fourth-order valence-electron chi connectivity index (χ4n) is 0.968. The standard InChI is InChI=1S/C10H14BrNO/c1-7-3-4-9(5-10(7)11)12-6-8(2)13/h3-5,8,12-13H,6H2,1-2H3/t8-/m1/s1. The van der Waals surface area contributed by atoms with Gasteiger partial charge < -0.3 is 10.4 Å². The Morgan fingerprint density at radius 1 is 1.54 bits per heavy atom. The predicted molar refractivity (Wildman–Crippen MR) is 59.0 cm³/mol. The van der Waals surface area contributed by atoms with Gasteiger partial charge in [0, 0.05) is 16.7 Å². The maximum absolute atomic E-state index is 9.06. The predicted octanol–water partition coefficient (Wildman–Crippen LogP) is 2.55. The Labute approximate surface area is 87.1 Å². The van der Waals surface area contributed by atoms with Crippen molar-refractivity contribution in [3.63, 3.8) is 0 Å². The van der Waals surface area contributed by atoms with E-state index in [1.165, 1.54) is 5.56 Å². The summed E-state index contributed by atoms with van der Waals surface area (Å²) in [6.07, 6.45) is -0.319. The lowest BCUT2D eigenvalue weighted by atomic mass is 10.2. The number of anilines is 1. The van der Waals surface area contributed by atoms with Crippen LogP contribution < -0.4 is 5.32 Å². The van der Waals surface area contributed by atoms with E-state index in [0.29, 0.717) is 6.54 Å². The number of hydrogen-bond acceptors (Lipinski definition) is 2. The van der Waals surface area contributed by atoms with Crippen LogP contribution in [0.15, 0.2) is 22.7 Å². The van der Waals surface area contributed by atoms with E-state index in [0.717, 1.165) is 10.2 Å². The first-order chi connectivity index (χ1) is 6.09. The molecule has 0 saturated heterocycles. The largest absolute Gasteiger partial charge is 0.392 e. The second-order valence-electron chi connectivity index (χ2n) is 3.19. The van der Waals surface area contributed by atoms with Crippen LogP contribution >= 0.6 is 15.9 Å². The summed E-state index contributed by atoms with van der Waals surface area (Å²) in [5.41, 5.74) is 2.24. The van der Waals surface area contributed by atoms with Crippen molar-refractivity contribution in [1.82, 2.24) is 0 Å². The third kappa shape index (κ3) is 3.36. The average Bonchev–Trinajstić information content (AvgIpc) is 2.07. The Hall–Kier alpha value is -0.540. The van der Waals surface area contributed by atoms with Gasteiger partial charge in [-0.2, -0.15) is 0 Å². The van der Waals surface area contributed by atoms with Gasteiger partial charge in [0.05, 0.1) is 6.10 Å². The smallest absolute Gasteiger partial charge is 0.0684 e. The lowest BCUT2D eigenvalue weighted by Crippen LogP contribution is -2.15. The van der Waals surface area contributed by atoms with Crippen molar-refractivity contribution in [2.24, 2.45) is 0 Å². The highest BCUT2D eigenvalue weighted by molar-refractivity contribution is 9.10. The van der Waals surface area contributed by atoms with Gasteiger partial charge >= 0.3 is 0 Å². The molecule has 1 rings (SSSR count). The molecule has 0 unspecified atom stereocenters. The minimum atomic E-state index is -0.319. The fourth-order valence-corrected chi connectivity index (χ4v) is 1.35. The topological polar surface area (TPSA) is 32.3 Å². The normalized spacial score (nSPS) is 12.6. The highest BCUT2D eigenvalue weighted by Gasteiger charge is 1.98. The highest BCUT2D eigenvalue weighted by Crippen LogP contribution is 2.20. The Morgan fingerprint density at radius 3 is 2.77 bits per heavy atom. The van der Waals surface area contributed by atoms with Crippen LogP contribution in [0.1, 0.15) is 12.5 Å². The SMILES string of the molecule is Cc1ccc(NC[C@@H](C)O)cc1Br. The van der Waals surface area contributed by atoms with Crippen molar-refractivity contribution in [3.05, 3.63) is 28.2 Å². The number of rotatable bonds is 3. The van der Waals surface area contributed by atoms with Gasteiger partial charge in [-0.3, -0.25) is 0 Å². The third-order valence-electron chi connectivity index (χ3n) is 1.77. The van der Waals surface area contributed by atoms with E-state index in [1.54, 1.807) is 6.92 Å². The molecule has 0 aliphatic carbocycles. The Morgan fingerprint density at radius 2 is 2.23 bits per heavy atom. The molecule has 1 aromatic carbocycles. The van der Waals surface area contributed by atoms with Gasteiger partial charge in [0.1, 0.15) is 0 Å². The van der Waals surface area contributed by atoms with Gasteiger partial charge in [-0.1, -0.05) is 22.0 Å². The van der Waals surface area contributed by atoms with E-state index in [2.05, 4.69) is 21.2 Å². The van der Waals surface area contributed by atoms with Crippen molar-refractivity contribution < 1.29 is 5.11 Å². The molecule has 72 valence electrons. The first-order valence-electron chi connectivity index (χ1n) is 4.27. The average molecular weight is 244 g/mol. The zero-order valence-electron chi connectivity index (χ0n) is 7.84. The Kier molecular flexibility index (Phi) is 3.75. The summed E-state index contributed by atoms with van der Waals surface area (Å²) in [5.74, 6) is 0. The van der Waals surface area contributed by atoms with E-state index in [-0.39, 0.29) is 6.10 Å². The minimum Gasteiger partial charge on any atom is -0.392 e. The van der Waals surface area contributed by atoms with E-state index in [9.17, 15) is 0 Å². The zero-order chi connectivity index (χ0) is 9.84. The molecular formula is C10H14BrNO. The molecule has 0 aliphatic heterocycles. The van der Waals surface area contributed by atoms with Gasteiger partial charge in [0.15, 0.2) is 0 Å². The Bertz CT molecular complexity index is 286. The van der Waals surface area contributed by atoms with Gasteiger partial charge in [0.25, 0.3) is 0 Å². The molecule has 0 bridgehead atoms. The summed E-state index contributed by atoms with van der Waals surface area (Å²) in [5, 5.41) is 12.2. The van der Waals surface area contributed by atoms with Gasteiger partial charge in [-0.25, -0.2) is 0 Å². The quantitative estimate of drug-likeness (QED) is 0.856. The van der Waals surface area contributed by atoms with Crippen LogP contribution in [0, 0.1) is 6.92 Å². The molecule has 13 heavy (non-hydrogen) atoms. The van der Waals surface area contributed by atoms with Gasteiger partial charge in [-0.15, -0.1) is 0 Å². The Balaban J connectivity index is 2.63. The summed E-state index contributed by atoms with van der Waals surface area (Å²) >= 11 is 3.45. The summed E-state index contributed by atoms with van der Waals surface area (Å²) in [6.45, 7) is 4.38. The van der Waals surface area contributed by atoms with Crippen molar-refractivity contribution in [2.45, 2.75) is 20.0 Å². The number of hydrogen-bond donors (Lipinski definition) is 2. The van der Waals surface area contributed by atoms with Gasteiger partial charge in [0.2, 0.25) is 0 Å². The zero-order valence-corrected chi connectivity index (χ0v) is 9.43. The highest BCUT2D eigenvalue weighted by atomic mass is 79.9. The maximum Gasteiger partial charge on any atom is 0.0684 e. The van der Waals surface area contributed by atoms with Crippen LogP contribution in [0.2, 0.25) is 0 Å². The van der Waals surface area contributed by atoms with Gasteiger partial charge in [-0.05, 0) is 31.5 Å². The molecule has 0 aromatic heterocycles. The summed E-state index contributed by atoms with van der Waals surface area (Å²) in [6, 6.07) is 6.05. The van der Waals surface area contributed by atoms with Crippen LogP contribution in [0.3, 0.4) is 0 Å². The summed E-state index contributed by atoms with van der Waals surface area (Å²) in [4.78, 5) is 0. The van der Waals surface area contributed by atoms with Crippen molar-refractivity contribution in [2.75, 3.05) is 11.9 Å². The first-order valence-corrected chi connectivity index (χ1v) is 5.07. The van der Waals surface area contributed by atoms with Crippen molar-refractivity contribution in [3.8, 4) is 0 Å². The molecular weight excluding hydrogens is 230 g/mol. The number of halogens is 1. The first kappa shape index (κ1) is 10.5. The molecule has 1 aromatic rings. The minimum absolute atomic E-state index is 0.319. The van der Waals surface area contributed by atoms with Crippen LogP contribution in [0.25, 0.3) is 0 Å². The molecule has 0 saturated carbocycles. The number of aryl methyl sites for hydroxylation is 1. The van der Waals surface area contributed by atoms with Crippen LogP contribution in [0.5, 0.6) is 0 Å². The maximum atomic E-state index is 9.06. The molecule has 2 N–H and O–H groups in total.